The summed E-state index contributed by atoms with van der Waals surface area (Å²) in [6.07, 6.45) is 1.62. The standard InChI is InChI=1S/C12H25NO.C10H21NO.3CH4/c1-11(2,3)10(14)8-7-9-13-12(4,5)6;1-9(2,3)8(12)7-11-10(4,5)6;;;/h13H,7-9H2,1-6H3;11H,7H2,1-6H3;3*1H4. The van der Waals surface area contributed by atoms with E-state index in [2.05, 4.69) is 52.2 Å². The molecule has 0 aromatic heterocycles. The summed E-state index contributed by atoms with van der Waals surface area (Å²) in [6, 6.07) is 0. The Morgan fingerprint density at radius 2 is 0.931 bits per heavy atom. The number of carbonyl (C=O) groups excluding carboxylic acids is 2. The molecule has 0 aromatic carbocycles. The van der Waals surface area contributed by atoms with Crippen molar-refractivity contribution in [3.05, 3.63) is 0 Å². The van der Waals surface area contributed by atoms with Crippen LogP contribution in [0.3, 0.4) is 0 Å². The minimum absolute atomic E-state index is 0. The van der Waals surface area contributed by atoms with Gasteiger partial charge >= 0.3 is 0 Å². The smallest absolute Gasteiger partial charge is 0.151 e. The number of nitrogens with one attached hydrogen (secondary N) is 2. The zero-order valence-electron chi connectivity index (χ0n) is 19.6. The Morgan fingerprint density at radius 3 is 1.21 bits per heavy atom. The van der Waals surface area contributed by atoms with Crippen LogP contribution in [-0.4, -0.2) is 35.7 Å². The molecule has 0 aliphatic rings. The van der Waals surface area contributed by atoms with Crippen LogP contribution in [0.4, 0.5) is 0 Å². The molecule has 4 heteroatoms. The number of rotatable bonds is 6. The molecular weight excluding hydrogens is 360 g/mol. The van der Waals surface area contributed by atoms with Crippen molar-refractivity contribution in [1.29, 1.82) is 0 Å². The van der Waals surface area contributed by atoms with E-state index in [0.29, 0.717) is 18.7 Å². The molecule has 0 aromatic rings. The van der Waals surface area contributed by atoms with Crippen LogP contribution < -0.4 is 10.6 Å². The van der Waals surface area contributed by atoms with Crippen LogP contribution in [0.15, 0.2) is 0 Å². The van der Waals surface area contributed by atoms with Crippen LogP contribution in [0.2, 0.25) is 0 Å². The normalized spacial score (nSPS) is 11.7. The molecular formula is C25H58N2O2. The van der Waals surface area contributed by atoms with Crippen molar-refractivity contribution in [2.24, 2.45) is 10.8 Å². The van der Waals surface area contributed by atoms with Gasteiger partial charge in [0.2, 0.25) is 0 Å². The fourth-order valence-electron chi connectivity index (χ4n) is 1.70. The Hall–Kier alpha value is -0.740. The first-order valence-corrected chi connectivity index (χ1v) is 9.82. The molecule has 0 aliphatic carbocycles. The maximum atomic E-state index is 11.6. The minimum Gasteiger partial charge on any atom is -0.312 e. The molecule has 0 bridgehead atoms. The van der Waals surface area contributed by atoms with E-state index in [4.69, 9.17) is 0 Å². The molecule has 180 valence electrons. The van der Waals surface area contributed by atoms with Crippen molar-refractivity contribution in [3.63, 3.8) is 0 Å². The lowest BCUT2D eigenvalue weighted by molar-refractivity contribution is -0.126. The van der Waals surface area contributed by atoms with Gasteiger partial charge in [-0.15, -0.1) is 0 Å². The SMILES string of the molecule is C.C.C.CC(C)(C)NCC(=O)C(C)(C)C.CC(C)(C)NCCCC(=O)C(C)(C)C. The van der Waals surface area contributed by atoms with E-state index in [0.717, 1.165) is 13.0 Å². The van der Waals surface area contributed by atoms with Crippen LogP contribution in [0.5, 0.6) is 0 Å². The summed E-state index contributed by atoms with van der Waals surface area (Å²) in [6.45, 7) is 25.7. The molecule has 0 amide bonds. The van der Waals surface area contributed by atoms with Crippen molar-refractivity contribution in [2.45, 2.75) is 129 Å². The zero-order chi connectivity index (χ0) is 21.4. The average Bonchev–Trinajstić information content (AvgIpc) is 2.37. The largest absolute Gasteiger partial charge is 0.312 e. The second kappa shape index (κ2) is 15.1. The Morgan fingerprint density at radius 1 is 0.586 bits per heavy atom. The van der Waals surface area contributed by atoms with Gasteiger partial charge in [-0.3, -0.25) is 9.59 Å². The Bertz CT molecular complexity index is 428. The molecule has 4 nitrogen and oxygen atoms in total. The summed E-state index contributed by atoms with van der Waals surface area (Å²) in [4.78, 5) is 23.0. The van der Waals surface area contributed by atoms with Gasteiger partial charge in [-0.2, -0.15) is 0 Å². The summed E-state index contributed by atoms with van der Waals surface area (Å²) < 4.78 is 0. The summed E-state index contributed by atoms with van der Waals surface area (Å²) in [5.74, 6) is 0.616. The van der Waals surface area contributed by atoms with E-state index >= 15 is 0 Å². The lowest BCUT2D eigenvalue weighted by atomic mass is 9.88. The van der Waals surface area contributed by atoms with Gasteiger partial charge < -0.3 is 10.6 Å². The molecule has 0 rings (SSSR count). The van der Waals surface area contributed by atoms with E-state index in [-0.39, 0.29) is 50.0 Å². The minimum atomic E-state index is -0.224. The Labute approximate surface area is 185 Å². The van der Waals surface area contributed by atoms with Gasteiger partial charge in [-0.1, -0.05) is 63.8 Å². The molecule has 0 atom stereocenters. The second-order valence-corrected chi connectivity index (χ2v) is 11.2. The van der Waals surface area contributed by atoms with Gasteiger partial charge in [-0.25, -0.2) is 0 Å². The van der Waals surface area contributed by atoms with E-state index in [9.17, 15) is 9.59 Å². The first kappa shape index (κ1) is 38.8. The predicted octanol–water partition coefficient (Wildman–Crippen LogP) is 6.67. The fraction of sp³-hybridized carbons (Fsp3) is 0.920. The van der Waals surface area contributed by atoms with E-state index in [1.807, 2.05) is 41.5 Å². The average molecular weight is 419 g/mol. The molecule has 0 aliphatic heterocycles. The highest BCUT2D eigenvalue weighted by atomic mass is 16.1. The molecule has 0 fully saturated rings. The van der Waals surface area contributed by atoms with Crippen molar-refractivity contribution in [3.8, 4) is 0 Å². The van der Waals surface area contributed by atoms with Gasteiger partial charge in [0.15, 0.2) is 5.78 Å². The highest BCUT2D eigenvalue weighted by Gasteiger charge is 2.22. The van der Waals surface area contributed by atoms with Crippen LogP contribution in [0.1, 0.15) is 118 Å². The molecule has 0 saturated carbocycles. The molecule has 0 radical (unpaired) electrons. The maximum Gasteiger partial charge on any atom is 0.151 e. The third-order valence-electron chi connectivity index (χ3n) is 3.69. The molecule has 2 N–H and O–H groups in total. The molecule has 29 heavy (non-hydrogen) atoms. The quantitative estimate of drug-likeness (QED) is 0.473. The van der Waals surface area contributed by atoms with Gasteiger partial charge in [0.25, 0.3) is 0 Å². The molecule has 0 heterocycles. The van der Waals surface area contributed by atoms with Crippen LogP contribution >= 0.6 is 0 Å². The second-order valence-electron chi connectivity index (χ2n) is 11.2. The fourth-order valence-corrected chi connectivity index (χ4v) is 1.70. The third kappa shape index (κ3) is 27.3. The summed E-state index contributed by atoms with van der Waals surface area (Å²) in [7, 11) is 0. The van der Waals surface area contributed by atoms with Crippen LogP contribution in [0, 0.1) is 10.8 Å². The summed E-state index contributed by atoms with van der Waals surface area (Å²) >= 11 is 0. The molecule has 0 saturated heterocycles. The Kier molecular flexibility index (Phi) is 20.2. The van der Waals surface area contributed by atoms with Gasteiger partial charge in [-0.05, 0) is 54.5 Å². The van der Waals surface area contributed by atoms with Crippen LogP contribution in [-0.2, 0) is 9.59 Å². The molecule has 0 unspecified atom stereocenters. The number of hydrogen-bond acceptors (Lipinski definition) is 4. The predicted molar refractivity (Wildman–Crippen MR) is 134 cm³/mol. The number of ketones is 2. The summed E-state index contributed by atoms with van der Waals surface area (Å²) in [5, 5.41) is 6.56. The number of hydrogen-bond donors (Lipinski definition) is 2. The van der Waals surface area contributed by atoms with Crippen molar-refractivity contribution >= 4 is 11.6 Å². The van der Waals surface area contributed by atoms with E-state index in [1.54, 1.807) is 0 Å². The summed E-state index contributed by atoms with van der Waals surface area (Å²) in [5.41, 5.74) is -0.217. The lowest BCUT2D eigenvalue weighted by Crippen LogP contribution is -2.42. The van der Waals surface area contributed by atoms with Crippen LogP contribution in [0.25, 0.3) is 0 Å². The van der Waals surface area contributed by atoms with Crippen molar-refractivity contribution in [1.82, 2.24) is 10.6 Å². The maximum absolute atomic E-state index is 11.6. The van der Waals surface area contributed by atoms with Gasteiger partial charge in [0, 0.05) is 28.3 Å². The highest BCUT2D eigenvalue weighted by Crippen LogP contribution is 2.17. The zero-order valence-corrected chi connectivity index (χ0v) is 19.6. The van der Waals surface area contributed by atoms with Crippen molar-refractivity contribution < 1.29 is 9.59 Å². The molecule has 0 spiro atoms. The highest BCUT2D eigenvalue weighted by molar-refractivity contribution is 5.85. The van der Waals surface area contributed by atoms with E-state index < -0.39 is 0 Å². The first-order valence-electron chi connectivity index (χ1n) is 9.82. The topological polar surface area (TPSA) is 58.2 Å². The Balaban J connectivity index is -0.000000121. The van der Waals surface area contributed by atoms with Gasteiger partial charge in [0.1, 0.15) is 5.78 Å². The van der Waals surface area contributed by atoms with E-state index in [1.165, 1.54) is 0 Å². The number of Topliss-reactive ketones (excluding diaryl/α,β-unsaturated/α-hetero) is 2. The van der Waals surface area contributed by atoms with Gasteiger partial charge in [0.05, 0.1) is 6.54 Å². The number of carbonyl (C=O) groups is 2. The monoisotopic (exact) mass is 418 g/mol. The third-order valence-corrected chi connectivity index (χ3v) is 3.69. The van der Waals surface area contributed by atoms with Crippen molar-refractivity contribution in [2.75, 3.05) is 13.1 Å². The first-order chi connectivity index (χ1) is 11.3. The lowest BCUT2D eigenvalue weighted by Gasteiger charge is -2.23.